The first-order valence-corrected chi connectivity index (χ1v) is 11.0. The SMILES string of the molecule is O=c1cc(CN2CCC(c3nc4cc(Cl)ccc4s3)CC2)nc2sccn12. The molecule has 0 unspecified atom stereocenters. The Hall–Kier alpha value is -1.80. The van der Waals surface area contributed by atoms with Gasteiger partial charge in [-0.15, -0.1) is 22.7 Å². The molecule has 4 aromatic rings. The average Bonchev–Trinajstić information content (AvgIpc) is 3.29. The van der Waals surface area contributed by atoms with E-state index in [9.17, 15) is 4.79 Å². The van der Waals surface area contributed by atoms with E-state index in [2.05, 4.69) is 16.0 Å². The van der Waals surface area contributed by atoms with Gasteiger partial charge in [-0.05, 0) is 44.1 Å². The van der Waals surface area contributed by atoms with E-state index in [1.807, 2.05) is 17.5 Å². The second-order valence-corrected chi connectivity index (χ2v) is 9.23. The highest BCUT2D eigenvalue weighted by molar-refractivity contribution is 7.18. The number of hydrogen-bond acceptors (Lipinski definition) is 6. The Morgan fingerprint density at radius 3 is 2.89 bits per heavy atom. The van der Waals surface area contributed by atoms with Crippen molar-refractivity contribution in [2.24, 2.45) is 0 Å². The van der Waals surface area contributed by atoms with Crippen LogP contribution in [0.5, 0.6) is 0 Å². The zero-order valence-electron chi connectivity index (χ0n) is 14.5. The summed E-state index contributed by atoms with van der Waals surface area (Å²) in [6.07, 6.45) is 3.93. The summed E-state index contributed by atoms with van der Waals surface area (Å²) in [4.78, 5) is 24.7. The fourth-order valence-electron chi connectivity index (χ4n) is 3.63. The van der Waals surface area contributed by atoms with Crippen LogP contribution in [0.4, 0.5) is 0 Å². The molecule has 138 valence electrons. The van der Waals surface area contributed by atoms with E-state index in [1.54, 1.807) is 28.0 Å². The minimum Gasteiger partial charge on any atom is -0.297 e. The smallest absolute Gasteiger partial charge is 0.258 e. The van der Waals surface area contributed by atoms with Crippen molar-refractivity contribution in [3.05, 3.63) is 61.9 Å². The van der Waals surface area contributed by atoms with Gasteiger partial charge in [-0.3, -0.25) is 14.1 Å². The third kappa shape index (κ3) is 3.40. The summed E-state index contributed by atoms with van der Waals surface area (Å²) >= 11 is 9.35. The lowest BCUT2D eigenvalue weighted by molar-refractivity contribution is 0.202. The molecule has 5 rings (SSSR count). The highest BCUT2D eigenvalue weighted by Gasteiger charge is 2.24. The topological polar surface area (TPSA) is 50.5 Å². The van der Waals surface area contributed by atoms with Gasteiger partial charge < -0.3 is 0 Å². The zero-order chi connectivity index (χ0) is 18.4. The lowest BCUT2D eigenvalue weighted by Gasteiger charge is -2.30. The molecule has 4 heterocycles. The molecular weight excluding hydrogens is 400 g/mol. The molecular formula is C19H17ClN4OS2. The second kappa shape index (κ2) is 6.98. The van der Waals surface area contributed by atoms with Crippen LogP contribution in [-0.2, 0) is 6.54 Å². The summed E-state index contributed by atoms with van der Waals surface area (Å²) in [7, 11) is 0. The standard InChI is InChI=1S/C19H17ClN4OS2/c20-13-1-2-16-15(9-13)22-18(27-16)12-3-5-23(6-4-12)11-14-10-17(25)24-7-8-26-19(24)21-14/h1-2,7-10,12H,3-6,11H2. The van der Waals surface area contributed by atoms with Gasteiger partial charge in [0.05, 0.1) is 20.9 Å². The van der Waals surface area contributed by atoms with E-state index in [1.165, 1.54) is 21.0 Å². The lowest BCUT2D eigenvalue weighted by Crippen LogP contribution is -2.33. The molecule has 1 aliphatic heterocycles. The first kappa shape index (κ1) is 17.3. The van der Waals surface area contributed by atoms with Crippen molar-refractivity contribution >= 4 is 49.5 Å². The number of halogens is 1. The van der Waals surface area contributed by atoms with Crippen LogP contribution >= 0.6 is 34.3 Å². The summed E-state index contributed by atoms with van der Waals surface area (Å²) in [5, 5.41) is 3.84. The first-order chi connectivity index (χ1) is 13.2. The number of nitrogens with zero attached hydrogens (tertiary/aromatic N) is 4. The predicted octanol–water partition coefficient (Wildman–Crippen LogP) is 4.40. The Bertz CT molecular complexity index is 1170. The van der Waals surface area contributed by atoms with Gasteiger partial charge in [-0.2, -0.15) is 0 Å². The van der Waals surface area contributed by atoms with E-state index in [4.69, 9.17) is 16.6 Å². The summed E-state index contributed by atoms with van der Waals surface area (Å²) in [6.45, 7) is 2.71. The van der Waals surface area contributed by atoms with Crippen LogP contribution in [0.1, 0.15) is 29.5 Å². The van der Waals surface area contributed by atoms with E-state index in [-0.39, 0.29) is 5.56 Å². The molecule has 0 radical (unpaired) electrons. The molecule has 0 saturated carbocycles. The van der Waals surface area contributed by atoms with Crippen LogP contribution in [0.3, 0.4) is 0 Å². The van der Waals surface area contributed by atoms with E-state index in [0.29, 0.717) is 5.92 Å². The molecule has 0 amide bonds. The lowest BCUT2D eigenvalue weighted by atomic mass is 9.97. The minimum absolute atomic E-state index is 0.000674. The van der Waals surface area contributed by atoms with Crippen molar-refractivity contribution in [3.63, 3.8) is 0 Å². The molecule has 27 heavy (non-hydrogen) atoms. The van der Waals surface area contributed by atoms with Crippen molar-refractivity contribution < 1.29 is 0 Å². The van der Waals surface area contributed by atoms with Gasteiger partial charge in [-0.1, -0.05) is 11.6 Å². The molecule has 5 nitrogen and oxygen atoms in total. The van der Waals surface area contributed by atoms with Gasteiger partial charge in [0.15, 0.2) is 4.96 Å². The third-order valence-electron chi connectivity index (χ3n) is 5.04. The maximum Gasteiger partial charge on any atom is 0.258 e. The summed E-state index contributed by atoms with van der Waals surface area (Å²) in [5.74, 6) is 0.496. The van der Waals surface area contributed by atoms with Gasteiger partial charge >= 0.3 is 0 Å². The van der Waals surface area contributed by atoms with Gasteiger partial charge in [0.25, 0.3) is 5.56 Å². The van der Waals surface area contributed by atoms with Gasteiger partial charge in [0, 0.05) is 35.1 Å². The quantitative estimate of drug-likeness (QED) is 0.496. The number of likely N-dealkylation sites (tertiary alicyclic amines) is 1. The number of benzene rings is 1. The molecule has 0 spiro atoms. The number of rotatable bonds is 3. The molecule has 1 fully saturated rings. The maximum atomic E-state index is 12.1. The molecule has 1 aromatic carbocycles. The second-order valence-electron chi connectivity index (χ2n) is 6.86. The molecule has 0 aliphatic carbocycles. The fourth-order valence-corrected chi connectivity index (χ4v) is 5.65. The number of fused-ring (bicyclic) bond motifs is 2. The molecule has 0 atom stereocenters. The van der Waals surface area contributed by atoms with Crippen molar-refractivity contribution in [3.8, 4) is 0 Å². The molecule has 1 saturated heterocycles. The molecule has 0 N–H and O–H groups in total. The largest absolute Gasteiger partial charge is 0.297 e. The number of aromatic nitrogens is 3. The third-order valence-corrected chi connectivity index (χ3v) is 7.24. The number of piperidine rings is 1. The van der Waals surface area contributed by atoms with Crippen molar-refractivity contribution in [2.75, 3.05) is 13.1 Å². The van der Waals surface area contributed by atoms with Crippen molar-refractivity contribution in [1.82, 2.24) is 19.3 Å². The fraction of sp³-hybridized carbons (Fsp3) is 0.316. The van der Waals surface area contributed by atoms with Gasteiger partial charge in [-0.25, -0.2) is 9.97 Å². The first-order valence-electron chi connectivity index (χ1n) is 8.90. The monoisotopic (exact) mass is 416 g/mol. The Kier molecular flexibility index (Phi) is 4.47. The highest BCUT2D eigenvalue weighted by atomic mass is 35.5. The minimum atomic E-state index is -0.000674. The Balaban J connectivity index is 1.28. The summed E-state index contributed by atoms with van der Waals surface area (Å²) < 4.78 is 2.80. The Morgan fingerprint density at radius 1 is 1.19 bits per heavy atom. The summed E-state index contributed by atoms with van der Waals surface area (Å²) in [6, 6.07) is 7.58. The zero-order valence-corrected chi connectivity index (χ0v) is 16.9. The molecule has 0 bridgehead atoms. The Morgan fingerprint density at radius 2 is 2.04 bits per heavy atom. The molecule has 1 aliphatic rings. The van der Waals surface area contributed by atoms with E-state index < -0.39 is 0 Å². The molecule has 3 aromatic heterocycles. The van der Waals surface area contributed by atoms with Crippen LogP contribution in [-0.4, -0.2) is 32.4 Å². The van der Waals surface area contributed by atoms with Gasteiger partial charge in [0.2, 0.25) is 0 Å². The van der Waals surface area contributed by atoms with Crippen molar-refractivity contribution in [1.29, 1.82) is 0 Å². The van der Waals surface area contributed by atoms with Crippen LogP contribution in [0, 0.1) is 0 Å². The van der Waals surface area contributed by atoms with Crippen LogP contribution in [0.2, 0.25) is 5.02 Å². The normalized spacial score (nSPS) is 16.5. The predicted molar refractivity (Wildman–Crippen MR) is 111 cm³/mol. The average molecular weight is 417 g/mol. The van der Waals surface area contributed by atoms with Crippen LogP contribution in [0.15, 0.2) is 40.6 Å². The number of hydrogen-bond donors (Lipinski definition) is 0. The summed E-state index contributed by atoms with van der Waals surface area (Å²) in [5.41, 5.74) is 1.86. The molecule has 8 heteroatoms. The maximum absolute atomic E-state index is 12.1. The van der Waals surface area contributed by atoms with Crippen LogP contribution in [0.25, 0.3) is 15.2 Å². The van der Waals surface area contributed by atoms with E-state index in [0.717, 1.165) is 53.7 Å². The van der Waals surface area contributed by atoms with Crippen molar-refractivity contribution in [2.45, 2.75) is 25.3 Å². The van der Waals surface area contributed by atoms with E-state index >= 15 is 0 Å². The number of thiazole rings is 2. The van der Waals surface area contributed by atoms with Crippen LogP contribution < -0.4 is 5.56 Å². The highest BCUT2D eigenvalue weighted by Crippen LogP contribution is 2.34. The van der Waals surface area contributed by atoms with Gasteiger partial charge in [0.1, 0.15) is 0 Å². The Labute approximate surface area is 168 Å².